The number of carbonyl (C=O) groups is 1. The van der Waals surface area contributed by atoms with Crippen LogP contribution in [0.5, 0.6) is 0 Å². The SMILES string of the molecule is Cn1c(=O)ccn(CC(=O)Nc2ncc(Cc3cc(Cl)ccc3Cl)s2)c1=O. The molecule has 140 valence electrons. The summed E-state index contributed by atoms with van der Waals surface area (Å²) in [5.41, 5.74) is -0.128. The Balaban J connectivity index is 1.68. The summed E-state index contributed by atoms with van der Waals surface area (Å²) in [6, 6.07) is 6.46. The molecule has 0 saturated heterocycles. The van der Waals surface area contributed by atoms with Crippen molar-refractivity contribution in [2.45, 2.75) is 13.0 Å². The number of anilines is 1. The van der Waals surface area contributed by atoms with Crippen LogP contribution in [0.4, 0.5) is 5.13 Å². The largest absolute Gasteiger partial charge is 0.331 e. The topological polar surface area (TPSA) is 86.0 Å². The number of rotatable bonds is 5. The third kappa shape index (κ3) is 4.65. The molecule has 0 fully saturated rings. The molecule has 1 amide bonds. The molecule has 1 N–H and O–H groups in total. The van der Waals surface area contributed by atoms with Crippen molar-refractivity contribution in [3.63, 3.8) is 0 Å². The van der Waals surface area contributed by atoms with Crippen LogP contribution in [-0.2, 0) is 24.8 Å². The van der Waals surface area contributed by atoms with Gasteiger partial charge in [0.15, 0.2) is 5.13 Å². The van der Waals surface area contributed by atoms with Crippen LogP contribution in [0, 0.1) is 0 Å². The molecule has 2 heterocycles. The summed E-state index contributed by atoms with van der Waals surface area (Å²) < 4.78 is 2.08. The highest BCUT2D eigenvalue weighted by Crippen LogP contribution is 2.26. The van der Waals surface area contributed by atoms with E-state index < -0.39 is 17.2 Å². The van der Waals surface area contributed by atoms with E-state index in [-0.39, 0.29) is 6.54 Å². The zero-order valence-corrected chi connectivity index (χ0v) is 16.4. The van der Waals surface area contributed by atoms with Crippen molar-refractivity contribution in [2.24, 2.45) is 7.05 Å². The number of benzene rings is 1. The van der Waals surface area contributed by atoms with E-state index in [0.29, 0.717) is 21.6 Å². The number of thiazole rings is 1. The van der Waals surface area contributed by atoms with Gasteiger partial charge in [0, 0.05) is 46.9 Å². The number of hydrogen-bond donors (Lipinski definition) is 1. The fourth-order valence-corrected chi connectivity index (χ4v) is 3.59. The summed E-state index contributed by atoms with van der Waals surface area (Å²) in [6.45, 7) is -0.220. The van der Waals surface area contributed by atoms with Gasteiger partial charge in [0.1, 0.15) is 6.54 Å². The van der Waals surface area contributed by atoms with Crippen molar-refractivity contribution in [3.05, 3.63) is 78.0 Å². The molecule has 0 atom stereocenters. The Morgan fingerprint density at radius 1 is 1.26 bits per heavy atom. The molecular weight excluding hydrogens is 411 g/mol. The van der Waals surface area contributed by atoms with Gasteiger partial charge in [0.2, 0.25) is 5.91 Å². The Hall–Kier alpha value is -2.42. The van der Waals surface area contributed by atoms with Crippen molar-refractivity contribution in [1.82, 2.24) is 14.1 Å². The van der Waals surface area contributed by atoms with E-state index in [0.717, 1.165) is 19.6 Å². The molecule has 0 aliphatic rings. The first kappa shape index (κ1) is 19.3. The van der Waals surface area contributed by atoms with E-state index in [9.17, 15) is 14.4 Å². The van der Waals surface area contributed by atoms with E-state index in [1.165, 1.54) is 30.6 Å². The summed E-state index contributed by atoms with van der Waals surface area (Å²) in [4.78, 5) is 40.6. The lowest BCUT2D eigenvalue weighted by atomic mass is 10.1. The van der Waals surface area contributed by atoms with Gasteiger partial charge in [-0.2, -0.15) is 0 Å². The highest BCUT2D eigenvalue weighted by atomic mass is 35.5. The molecule has 3 aromatic rings. The minimum Gasteiger partial charge on any atom is -0.300 e. The number of halogens is 2. The Labute approximate surface area is 167 Å². The monoisotopic (exact) mass is 424 g/mol. The second-order valence-electron chi connectivity index (χ2n) is 5.72. The zero-order chi connectivity index (χ0) is 19.6. The first-order chi connectivity index (χ1) is 12.8. The van der Waals surface area contributed by atoms with E-state index >= 15 is 0 Å². The fraction of sp³-hybridized carbons (Fsp3) is 0.176. The molecule has 27 heavy (non-hydrogen) atoms. The lowest BCUT2D eigenvalue weighted by molar-refractivity contribution is -0.116. The second-order valence-corrected chi connectivity index (χ2v) is 7.67. The minimum absolute atomic E-state index is 0.220. The third-order valence-electron chi connectivity index (χ3n) is 3.75. The Morgan fingerprint density at radius 2 is 2.04 bits per heavy atom. The summed E-state index contributed by atoms with van der Waals surface area (Å²) in [6.07, 6.45) is 3.47. The molecule has 1 aromatic carbocycles. The molecule has 0 radical (unpaired) electrons. The van der Waals surface area contributed by atoms with E-state index in [1.54, 1.807) is 24.4 Å². The van der Waals surface area contributed by atoms with Crippen LogP contribution in [0.2, 0.25) is 10.0 Å². The number of hydrogen-bond acceptors (Lipinski definition) is 5. The van der Waals surface area contributed by atoms with Crippen molar-refractivity contribution in [2.75, 3.05) is 5.32 Å². The lowest BCUT2D eigenvalue weighted by Gasteiger charge is -2.06. The van der Waals surface area contributed by atoms with Gasteiger partial charge < -0.3 is 5.32 Å². The van der Waals surface area contributed by atoms with Crippen molar-refractivity contribution >= 4 is 45.6 Å². The van der Waals surface area contributed by atoms with Crippen LogP contribution in [0.1, 0.15) is 10.4 Å². The molecule has 0 aliphatic carbocycles. The number of amides is 1. The quantitative estimate of drug-likeness (QED) is 0.681. The van der Waals surface area contributed by atoms with E-state index in [2.05, 4.69) is 10.3 Å². The van der Waals surface area contributed by atoms with E-state index in [1.807, 2.05) is 0 Å². The minimum atomic E-state index is -0.562. The Bertz CT molecular complexity index is 1120. The fourth-order valence-electron chi connectivity index (χ4n) is 2.36. The maximum Gasteiger partial charge on any atom is 0.331 e. The standard InChI is InChI=1S/C17H14Cl2N4O3S/c1-22-15(25)4-5-23(17(22)26)9-14(24)21-16-20-8-12(27-16)7-10-6-11(18)2-3-13(10)19/h2-6,8H,7,9H2,1H3,(H,20,21,24). The van der Waals surface area contributed by atoms with Crippen LogP contribution < -0.4 is 16.6 Å². The highest BCUT2D eigenvalue weighted by Gasteiger charge is 2.11. The zero-order valence-electron chi connectivity index (χ0n) is 14.1. The van der Waals surface area contributed by atoms with Gasteiger partial charge in [-0.3, -0.25) is 18.7 Å². The molecule has 2 aromatic heterocycles. The van der Waals surface area contributed by atoms with Crippen molar-refractivity contribution in [1.29, 1.82) is 0 Å². The average molecular weight is 425 g/mol. The van der Waals surface area contributed by atoms with Crippen LogP contribution >= 0.6 is 34.5 Å². The third-order valence-corrected chi connectivity index (χ3v) is 5.26. The molecular formula is C17H14Cl2N4O3S. The molecule has 7 nitrogen and oxygen atoms in total. The first-order valence-corrected chi connectivity index (χ1v) is 9.35. The predicted molar refractivity (Wildman–Crippen MR) is 106 cm³/mol. The molecule has 3 rings (SSSR count). The maximum absolute atomic E-state index is 12.2. The van der Waals surface area contributed by atoms with Gasteiger partial charge in [0.05, 0.1) is 0 Å². The van der Waals surface area contributed by atoms with Gasteiger partial charge in [-0.25, -0.2) is 9.78 Å². The molecule has 0 bridgehead atoms. The van der Waals surface area contributed by atoms with E-state index in [4.69, 9.17) is 23.2 Å². The second kappa shape index (κ2) is 8.08. The van der Waals surface area contributed by atoms with Gasteiger partial charge in [-0.1, -0.05) is 23.2 Å². The summed E-state index contributed by atoms with van der Waals surface area (Å²) in [5.74, 6) is -0.419. The number of aromatic nitrogens is 3. The number of nitrogens with zero attached hydrogens (tertiary/aromatic N) is 3. The summed E-state index contributed by atoms with van der Waals surface area (Å²) >= 11 is 13.5. The molecule has 0 aliphatic heterocycles. The summed E-state index contributed by atoms with van der Waals surface area (Å²) in [7, 11) is 1.35. The molecule has 0 saturated carbocycles. The van der Waals surface area contributed by atoms with Gasteiger partial charge in [0.25, 0.3) is 5.56 Å². The number of carbonyl (C=O) groups excluding carboxylic acids is 1. The average Bonchev–Trinajstić information content (AvgIpc) is 3.05. The Kier molecular flexibility index (Phi) is 5.79. The van der Waals surface area contributed by atoms with Crippen LogP contribution in [0.15, 0.2) is 46.2 Å². The highest BCUT2D eigenvalue weighted by molar-refractivity contribution is 7.15. The smallest absolute Gasteiger partial charge is 0.300 e. The van der Waals surface area contributed by atoms with Crippen molar-refractivity contribution in [3.8, 4) is 0 Å². The maximum atomic E-state index is 12.2. The number of nitrogens with one attached hydrogen (secondary N) is 1. The van der Waals surface area contributed by atoms with Gasteiger partial charge in [-0.15, -0.1) is 11.3 Å². The lowest BCUT2D eigenvalue weighted by Crippen LogP contribution is -2.38. The van der Waals surface area contributed by atoms with Gasteiger partial charge >= 0.3 is 5.69 Å². The Morgan fingerprint density at radius 3 is 2.81 bits per heavy atom. The molecule has 0 unspecified atom stereocenters. The molecule has 0 spiro atoms. The predicted octanol–water partition coefficient (Wildman–Crippen LogP) is 2.54. The van der Waals surface area contributed by atoms with Crippen LogP contribution in [0.3, 0.4) is 0 Å². The normalized spacial score (nSPS) is 10.8. The first-order valence-electron chi connectivity index (χ1n) is 7.78. The van der Waals surface area contributed by atoms with Crippen LogP contribution in [-0.4, -0.2) is 20.0 Å². The van der Waals surface area contributed by atoms with Crippen LogP contribution in [0.25, 0.3) is 0 Å². The molecule has 10 heteroatoms. The summed E-state index contributed by atoms with van der Waals surface area (Å²) in [5, 5.41) is 4.25. The van der Waals surface area contributed by atoms with Gasteiger partial charge in [-0.05, 0) is 23.8 Å². The van der Waals surface area contributed by atoms with Crippen molar-refractivity contribution < 1.29 is 4.79 Å².